The predicted molar refractivity (Wildman–Crippen MR) is 68.0 cm³/mol. The van der Waals surface area contributed by atoms with E-state index < -0.39 is 6.61 Å². The maximum absolute atomic E-state index is 12.1. The quantitative estimate of drug-likeness (QED) is 0.804. The van der Waals surface area contributed by atoms with E-state index in [0.29, 0.717) is 5.92 Å². The summed E-state index contributed by atoms with van der Waals surface area (Å²) in [7, 11) is 0. The summed E-state index contributed by atoms with van der Waals surface area (Å²) in [6.45, 7) is -2.81. The second-order valence-corrected chi connectivity index (χ2v) is 4.95. The molecule has 1 aliphatic carbocycles. The van der Waals surface area contributed by atoms with Crippen molar-refractivity contribution in [2.45, 2.75) is 44.6 Å². The van der Waals surface area contributed by atoms with Gasteiger partial charge in [0.25, 0.3) is 0 Å². The fourth-order valence-electron chi connectivity index (χ4n) is 2.78. The largest absolute Gasteiger partial charge is 0.435 e. The van der Waals surface area contributed by atoms with Crippen LogP contribution in [0.5, 0.6) is 5.75 Å². The number of rotatable bonds is 4. The number of nitriles is 1. The van der Waals surface area contributed by atoms with Gasteiger partial charge in [0.15, 0.2) is 0 Å². The van der Waals surface area contributed by atoms with E-state index in [1.54, 1.807) is 12.1 Å². The fraction of sp³-hybridized carbons (Fsp3) is 0.533. The predicted octanol–water partition coefficient (Wildman–Crippen LogP) is 4.48. The van der Waals surface area contributed by atoms with E-state index in [2.05, 4.69) is 10.8 Å². The van der Waals surface area contributed by atoms with E-state index in [1.807, 2.05) is 0 Å². The molecule has 19 heavy (non-hydrogen) atoms. The van der Waals surface area contributed by atoms with Crippen LogP contribution >= 0.6 is 0 Å². The van der Waals surface area contributed by atoms with Crippen LogP contribution in [0.1, 0.15) is 43.6 Å². The highest BCUT2D eigenvalue weighted by molar-refractivity contribution is 5.32. The third-order valence-electron chi connectivity index (χ3n) is 3.72. The first-order valence-corrected chi connectivity index (χ1v) is 6.65. The Balaban J connectivity index is 2.08. The zero-order chi connectivity index (χ0) is 13.7. The van der Waals surface area contributed by atoms with Gasteiger partial charge >= 0.3 is 6.61 Å². The summed E-state index contributed by atoms with van der Waals surface area (Å²) in [5, 5.41) is 9.35. The molecule has 0 radical (unpaired) electrons. The zero-order valence-corrected chi connectivity index (χ0v) is 10.7. The highest BCUT2D eigenvalue weighted by atomic mass is 19.3. The van der Waals surface area contributed by atoms with Crippen LogP contribution < -0.4 is 4.74 Å². The molecule has 0 heterocycles. The fourth-order valence-corrected chi connectivity index (χ4v) is 2.78. The van der Waals surface area contributed by atoms with E-state index in [-0.39, 0.29) is 11.7 Å². The monoisotopic (exact) mass is 265 g/mol. The molecular weight excluding hydrogens is 248 g/mol. The van der Waals surface area contributed by atoms with Gasteiger partial charge in [-0.15, -0.1) is 0 Å². The topological polar surface area (TPSA) is 33.0 Å². The van der Waals surface area contributed by atoms with Crippen molar-refractivity contribution in [3.63, 3.8) is 0 Å². The molecule has 1 unspecified atom stereocenters. The molecule has 4 heteroatoms. The van der Waals surface area contributed by atoms with Crippen molar-refractivity contribution < 1.29 is 13.5 Å². The van der Waals surface area contributed by atoms with Crippen molar-refractivity contribution in [3.8, 4) is 11.8 Å². The van der Waals surface area contributed by atoms with Crippen molar-refractivity contribution in [3.05, 3.63) is 29.8 Å². The minimum absolute atomic E-state index is 0.138. The lowest BCUT2D eigenvalue weighted by atomic mass is 9.77. The molecule has 1 aromatic carbocycles. The molecule has 0 amide bonds. The maximum Gasteiger partial charge on any atom is 0.387 e. The van der Waals surface area contributed by atoms with Crippen molar-refractivity contribution in [1.82, 2.24) is 0 Å². The lowest BCUT2D eigenvalue weighted by Crippen LogP contribution is -2.15. The molecule has 0 aromatic heterocycles. The van der Waals surface area contributed by atoms with Crippen molar-refractivity contribution in [2.24, 2.45) is 5.92 Å². The van der Waals surface area contributed by atoms with Crippen LogP contribution in [0.4, 0.5) is 8.78 Å². The molecule has 2 nitrogen and oxygen atoms in total. The van der Waals surface area contributed by atoms with Gasteiger partial charge in [-0.05, 0) is 36.5 Å². The smallest absolute Gasteiger partial charge is 0.387 e. The summed E-state index contributed by atoms with van der Waals surface area (Å²) in [6.07, 6.45) is 5.75. The van der Waals surface area contributed by atoms with Crippen LogP contribution in [0.15, 0.2) is 24.3 Å². The molecule has 0 N–H and O–H groups in total. The first-order chi connectivity index (χ1) is 9.20. The number of benzene rings is 1. The molecule has 1 aliphatic rings. The van der Waals surface area contributed by atoms with Gasteiger partial charge < -0.3 is 4.74 Å². The number of hydrogen-bond acceptors (Lipinski definition) is 2. The average molecular weight is 265 g/mol. The Morgan fingerprint density at radius 3 is 2.26 bits per heavy atom. The molecule has 0 saturated heterocycles. The van der Waals surface area contributed by atoms with Gasteiger partial charge in [0.2, 0.25) is 0 Å². The molecule has 0 bridgehead atoms. The third-order valence-corrected chi connectivity index (χ3v) is 3.72. The normalized spacial score (nSPS) is 18.0. The lowest BCUT2D eigenvalue weighted by molar-refractivity contribution is -0.0498. The Bertz CT molecular complexity index is 432. The van der Waals surface area contributed by atoms with Crippen molar-refractivity contribution in [2.75, 3.05) is 0 Å². The first kappa shape index (κ1) is 13.8. The second-order valence-electron chi connectivity index (χ2n) is 4.95. The summed E-state index contributed by atoms with van der Waals surface area (Å²) in [6, 6.07) is 8.82. The van der Waals surface area contributed by atoms with E-state index in [1.165, 1.54) is 31.4 Å². The number of ether oxygens (including phenoxy) is 1. The van der Waals surface area contributed by atoms with E-state index >= 15 is 0 Å². The Morgan fingerprint density at radius 1 is 1.11 bits per heavy atom. The Kier molecular flexibility index (Phi) is 4.73. The van der Waals surface area contributed by atoms with E-state index in [4.69, 9.17) is 0 Å². The first-order valence-electron chi connectivity index (χ1n) is 6.65. The van der Waals surface area contributed by atoms with Crippen LogP contribution in [-0.4, -0.2) is 6.61 Å². The number of nitrogens with zero attached hydrogens (tertiary/aromatic N) is 1. The van der Waals surface area contributed by atoms with Crippen molar-refractivity contribution in [1.29, 1.82) is 5.26 Å². The maximum atomic E-state index is 12.1. The van der Waals surface area contributed by atoms with Crippen molar-refractivity contribution >= 4 is 0 Å². The van der Waals surface area contributed by atoms with E-state index in [0.717, 1.165) is 18.4 Å². The zero-order valence-electron chi connectivity index (χ0n) is 10.7. The molecule has 0 aliphatic heterocycles. The van der Waals surface area contributed by atoms with Gasteiger partial charge in [-0.1, -0.05) is 31.4 Å². The molecule has 2 rings (SSSR count). The summed E-state index contributed by atoms with van der Waals surface area (Å²) >= 11 is 0. The minimum atomic E-state index is -2.81. The molecule has 1 saturated carbocycles. The van der Waals surface area contributed by atoms with Crippen LogP contribution in [-0.2, 0) is 0 Å². The lowest BCUT2D eigenvalue weighted by Gasteiger charge is -2.26. The average Bonchev–Trinajstić information content (AvgIpc) is 2.42. The van der Waals surface area contributed by atoms with Crippen LogP contribution in [0.25, 0.3) is 0 Å². The summed E-state index contributed by atoms with van der Waals surface area (Å²) in [5.74, 6) is 0.389. The Labute approximate surface area is 112 Å². The third kappa shape index (κ3) is 3.66. The molecule has 1 atom stereocenters. The Morgan fingerprint density at radius 2 is 1.74 bits per heavy atom. The highest BCUT2D eigenvalue weighted by Gasteiger charge is 2.24. The molecule has 0 spiro atoms. The number of hydrogen-bond donors (Lipinski definition) is 0. The minimum Gasteiger partial charge on any atom is -0.435 e. The Hall–Kier alpha value is -1.63. The second kappa shape index (κ2) is 6.51. The molecule has 102 valence electrons. The molecular formula is C15H17F2NO. The van der Waals surface area contributed by atoms with Gasteiger partial charge in [-0.3, -0.25) is 0 Å². The number of alkyl halides is 2. The van der Waals surface area contributed by atoms with Gasteiger partial charge in [0.1, 0.15) is 5.75 Å². The molecule has 1 fully saturated rings. The van der Waals surface area contributed by atoms with Crippen LogP contribution in [0.3, 0.4) is 0 Å². The highest BCUT2D eigenvalue weighted by Crippen LogP contribution is 2.36. The standard InChI is InChI=1S/C15H17F2NO/c16-15(17)19-13-8-6-12(7-9-13)14(10-18)11-4-2-1-3-5-11/h6-9,11,14-15H,1-5H2. The van der Waals surface area contributed by atoms with Gasteiger partial charge in [-0.2, -0.15) is 14.0 Å². The van der Waals surface area contributed by atoms with E-state index in [9.17, 15) is 14.0 Å². The van der Waals surface area contributed by atoms with Gasteiger partial charge in [0, 0.05) is 0 Å². The molecule has 1 aromatic rings. The van der Waals surface area contributed by atoms with Crippen LogP contribution in [0.2, 0.25) is 0 Å². The summed E-state index contributed by atoms with van der Waals surface area (Å²) in [4.78, 5) is 0. The van der Waals surface area contributed by atoms with Gasteiger partial charge in [-0.25, -0.2) is 0 Å². The SMILES string of the molecule is N#CC(c1ccc(OC(F)F)cc1)C1CCCCC1. The summed E-state index contributed by atoms with van der Waals surface area (Å²) < 4.78 is 28.4. The van der Waals surface area contributed by atoms with Crippen LogP contribution in [0, 0.1) is 17.2 Å². The summed E-state index contributed by atoms with van der Waals surface area (Å²) in [5.41, 5.74) is 0.899. The number of halogens is 2. The van der Waals surface area contributed by atoms with Gasteiger partial charge in [0.05, 0.1) is 12.0 Å².